The van der Waals surface area contributed by atoms with Crippen LogP contribution in [0.5, 0.6) is 0 Å². The van der Waals surface area contributed by atoms with Crippen molar-refractivity contribution in [2.24, 2.45) is 0 Å². The molecule has 0 aliphatic rings. The Kier molecular flexibility index (Phi) is 4.01. The standard InChI is InChI=1S/CHF3O3S.Mo/c2-1(3,4)8(5,6)7;/h(H,5,6,7);/q;+5. The maximum Gasteiger partial charge on any atom is 5.00 e. The molecule has 0 aliphatic carbocycles. The Morgan fingerprint density at radius 1 is 1.22 bits per heavy atom. The molecule has 0 unspecified atom stereocenters. The Morgan fingerprint density at radius 2 is 1.33 bits per heavy atom. The quantitative estimate of drug-likeness (QED) is 0.382. The van der Waals surface area contributed by atoms with Crippen LogP contribution in [0.15, 0.2) is 0 Å². The molecule has 0 spiro atoms. The third kappa shape index (κ3) is 3.88. The molecule has 9 heavy (non-hydrogen) atoms. The van der Waals surface area contributed by atoms with Crippen molar-refractivity contribution < 1.29 is 47.2 Å². The first-order valence-corrected chi connectivity index (χ1v) is 2.73. The fourth-order valence-corrected chi connectivity index (χ4v) is 0. The number of alkyl halides is 3. The van der Waals surface area contributed by atoms with Gasteiger partial charge in [-0.3, -0.25) is 4.55 Å². The molecule has 0 saturated heterocycles. The first kappa shape index (κ1) is 12.1. The first-order valence-electron chi connectivity index (χ1n) is 1.29. The van der Waals surface area contributed by atoms with E-state index in [0.717, 1.165) is 0 Å². The van der Waals surface area contributed by atoms with E-state index in [2.05, 4.69) is 0 Å². The number of hydrogen-bond donors (Lipinski definition) is 1. The number of hydrogen-bond acceptors (Lipinski definition) is 2. The predicted octanol–water partition coefficient (Wildman–Crippen LogP) is 0.392. The number of rotatable bonds is 0. The van der Waals surface area contributed by atoms with E-state index in [9.17, 15) is 13.2 Å². The van der Waals surface area contributed by atoms with Crippen LogP contribution in [0.4, 0.5) is 13.2 Å². The molecule has 0 fully saturated rings. The summed E-state index contributed by atoms with van der Waals surface area (Å²) in [6.07, 6.45) is 0. The molecule has 0 rings (SSSR count). The molecular formula is CHF3MoO3S+5. The third-order valence-electron chi connectivity index (χ3n) is 0.292. The molecule has 1 N–H and O–H groups in total. The third-order valence-corrected chi connectivity index (χ3v) is 0.877. The second-order valence-electron chi connectivity index (χ2n) is 0.921. The van der Waals surface area contributed by atoms with E-state index in [1.165, 1.54) is 0 Å². The van der Waals surface area contributed by atoms with Crippen molar-refractivity contribution in [2.45, 2.75) is 5.51 Å². The van der Waals surface area contributed by atoms with Crippen LogP contribution in [0.3, 0.4) is 0 Å². The summed E-state index contributed by atoms with van der Waals surface area (Å²) in [4.78, 5) is 0. The molecule has 0 aliphatic heterocycles. The van der Waals surface area contributed by atoms with Crippen molar-refractivity contribution in [2.75, 3.05) is 0 Å². The van der Waals surface area contributed by atoms with Gasteiger partial charge in [-0.05, 0) is 0 Å². The van der Waals surface area contributed by atoms with Crippen LogP contribution in [0, 0.1) is 0 Å². The number of halogens is 3. The summed E-state index contributed by atoms with van der Waals surface area (Å²) in [5.41, 5.74) is -5.53. The van der Waals surface area contributed by atoms with Crippen LogP contribution in [0.25, 0.3) is 0 Å². The molecule has 51 valence electrons. The second-order valence-corrected chi connectivity index (χ2v) is 2.33. The van der Waals surface area contributed by atoms with Crippen molar-refractivity contribution in [1.29, 1.82) is 0 Å². The Bertz CT molecular complexity index is 168. The SMILES string of the molecule is O=S(=O)(O)C(F)(F)F.[Mo+5]. The Morgan fingerprint density at radius 3 is 1.33 bits per heavy atom. The molecule has 0 aromatic heterocycles. The van der Waals surface area contributed by atoms with Gasteiger partial charge in [0, 0.05) is 0 Å². The van der Waals surface area contributed by atoms with E-state index in [1.54, 1.807) is 0 Å². The first-order chi connectivity index (χ1) is 3.25. The maximum absolute atomic E-state index is 10.7. The smallest absolute Gasteiger partial charge is 0.279 e. The van der Waals surface area contributed by atoms with Gasteiger partial charge < -0.3 is 0 Å². The molecule has 0 atom stereocenters. The van der Waals surface area contributed by atoms with E-state index in [1.807, 2.05) is 0 Å². The zero-order valence-corrected chi connectivity index (χ0v) is 6.54. The van der Waals surface area contributed by atoms with Crippen molar-refractivity contribution in [1.82, 2.24) is 0 Å². The summed E-state index contributed by atoms with van der Waals surface area (Å²) in [6, 6.07) is 0. The summed E-state index contributed by atoms with van der Waals surface area (Å²) in [5.74, 6) is 0. The van der Waals surface area contributed by atoms with Gasteiger partial charge in [0.15, 0.2) is 0 Å². The zero-order valence-electron chi connectivity index (χ0n) is 3.71. The van der Waals surface area contributed by atoms with Gasteiger partial charge in [-0.1, -0.05) is 0 Å². The van der Waals surface area contributed by atoms with Gasteiger partial charge in [0.05, 0.1) is 0 Å². The van der Waals surface area contributed by atoms with Crippen LogP contribution in [-0.4, -0.2) is 18.5 Å². The molecule has 1 radical (unpaired) electrons. The largest absolute Gasteiger partial charge is 5.00 e. The van der Waals surface area contributed by atoms with Gasteiger partial charge in [-0.15, -0.1) is 0 Å². The molecule has 0 heterocycles. The Labute approximate surface area is 63.3 Å². The van der Waals surface area contributed by atoms with Crippen LogP contribution in [-0.2, 0) is 31.2 Å². The fraction of sp³-hybridized carbons (Fsp3) is 1.00. The maximum atomic E-state index is 10.7. The monoisotopic (exact) mass is 248 g/mol. The summed E-state index contributed by atoms with van der Waals surface area (Å²) >= 11 is 0. The van der Waals surface area contributed by atoms with Gasteiger partial charge >= 0.3 is 36.7 Å². The molecule has 3 nitrogen and oxygen atoms in total. The van der Waals surface area contributed by atoms with Gasteiger partial charge in [0.2, 0.25) is 0 Å². The van der Waals surface area contributed by atoms with Gasteiger partial charge in [-0.25, -0.2) is 0 Å². The van der Waals surface area contributed by atoms with E-state index >= 15 is 0 Å². The topological polar surface area (TPSA) is 54.4 Å². The fourth-order valence-electron chi connectivity index (χ4n) is 0. The van der Waals surface area contributed by atoms with Gasteiger partial charge in [-0.2, -0.15) is 21.6 Å². The summed E-state index contributed by atoms with van der Waals surface area (Å²) in [5, 5.41) is 0. The van der Waals surface area contributed by atoms with E-state index < -0.39 is 15.6 Å². The van der Waals surface area contributed by atoms with Crippen molar-refractivity contribution in [3.63, 3.8) is 0 Å². The zero-order chi connectivity index (χ0) is 7.00. The molecule has 0 amide bonds. The van der Waals surface area contributed by atoms with Crippen LogP contribution < -0.4 is 0 Å². The van der Waals surface area contributed by atoms with E-state index in [4.69, 9.17) is 13.0 Å². The molecule has 0 saturated carbocycles. The molecular weight excluding hydrogens is 245 g/mol. The van der Waals surface area contributed by atoms with Gasteiger partial charge in [0.1, 0.15) is 0 Å². The van der Waals surface area contributed by atoms with E-state index in [0.29, 0.717) is 0 Å². The minimum absolute atomic E-state index is 0. The average molecular weight is 246 g/mol. The van der Waals surface area contributed by atoms with Crippen LogP contribution in [0.1, 0.15) is 0 Å². The van der Waals surface area contributed by atoms with Crippen LogP contribution >= 0.6 is 0 Å². The van der Waals surface area contributed by atoms with Gasteiger partial charge in [0.25, 0.3) is 0 Å². The molecule has 0 aromatic rings. The predicted molar refractivity (Wildman–Crippen MR) is 17.6 cm³/mol. The molecule has 8 heteroatoms. The van der Waals surface area contributed by atoms with Crippen molar-refractivity contribution in [3.8, 4) is 0 Å². The molecule has 0 bridgehead atoms. The minimum Gasteiger partial charge on any atom is -0.279 e. The average Bonchev–Trinajstić information content (AvgIpc) is 1.25. The molecule has 0 aromatic carbocycles. The summed E-state index contributed by atoms with van der Waals surface area (Å²) in [6.45, 7) is 0. The van der Waals surface area contributed by atoms with Crippen molar-refractivity contribution in [3.05, 3.63) is 0 Å². The van der Waals surface area contributed by atoms with E-state index in [-0.39, 0.29) is 21.1 Å². The normalized spacial score (nSPS) is 12.4. The summed E-state index contributed by atoms with van der Waals surface area (Å²) < 4.78 is 57.5. The summed E-state index contributed by atoms with van der Waals surface area (Å²) in [7, 11) is -5.84. The minimum atomic E-state index is -5.84. The second kappa shape index (κ2) is 2.98. The van der Waals surface area contributed by atoms with Crippen LogP contribution in [0.2, 0.25) is 0 Å². The Balaban J connectivity index is 0. The Hall–Kier alpha value is 0.388. The van der Waals surface area contributed by atoms with Crippen molar-refractivity contribution >= 4 is 10.1 Å².